The van der Waals surface area contributed by atoms with Crippen molar-refractivity contribution < 1.29 is 4.42 Å². The van der Waals surface area contributed by atoms with Gasteiger partial charge in [-0.1, -0.05) is 36.9 Å². The summed E-state index contributed by atoms with van der Waals surface area (Å²) in [5.41, 5.74) is 0.888. The summed E-state index contributed by atoms with van der Waals surface area (Å²) in [7, 11) is 0. The molecule has 25 heavy (non-hydrogen) atoms. The Hall–Kier alpha value is -2.74. The molecule has 3 heterocycles. The zero-order chi connectivity index (χ0) is 17.1. The lowest BCUT2D eigenvalue weighted by molar-refractivity contribution is 0.564. The predicted octanol–water partition coefficient (Wildman–Crippen LogP) is 3.58. The van der Waals surface area contributed by atoms with Crippen molar-refractivity contribution >= 4 is 22.7 Å². The van der Waals surface area contributed by atoms with Crippen LogP contribution in [0.1, 0.15) is 19.2 Å². The standard InChI is InChI=1S/C17H16N6OS/c1-2-9-23-15(20-21-22-23)11-25-17-12-6-3-4-7-13(12)18-16(19-17)14-8-5-10-24-14/h3-8,10H,2,9,11H2,1H3. The lowest BCUT2D eigenvalue weighted by atomic mass is 10.2. The van der Waals surface area contributed by atoms with E-state index in [9.17, 15) is 0 Å². The summed E-state index contributed by atoms with van der Waals surface area (Å²) in [6.45, 7) is 2.91. The lowest BCUT2D eigenvalue weighted by Crippen LogP contribution is -2.04. The first kappa shape index (κ1) is 15.8. The molecule has 4 rings (SSSR count). The minimum atomic E-state index is 0.583. The Kier molecular flexibility index (Phi) is 4.43. The Morgan fingerprint density at radius 3 is 2.88 bits per heavy atom. The molecule has 7 nitrogen and oxygen atoms in total. The average Bonchev–Trinajstić information content (AvgIpc) is 3.32. The molecule has 126 valence electrons. The molecule has 0 radical (unpaired) electrons. The molecule has 0 saturated carbocycles. The molecule has 0 amide bonds. The fraction of sp³-hybridized carbons (Fsp3) is 0.235. The number of hydrogen-bond acceptors (Lipinski definition) is 7. The number of furan rings is 1. The number of aromatic nitrogens is 6. The predicted molar refractivity (Wildman–Crippen MR) is 94.9 cm³/mol. The van der Waals surface area contributed by atoms with Gasteiger partial charge in [-0.15, -0.1) is 5.10 Å². The molecule has 0 saturated heterocycles. The van der Waals surface area contributed by atoms with Crippen molar-refractivity contribution in [3.8, 4) is 11.6 Å². The van der Waals surface area contributed by atoms with Crippen LogP contribution >= 0.6 is 11.8 Å². The quantitative estimate of drug-likeness (QED) is 0.387. The van der Waals surface area contributed by atoms with Gasteiger partial charge in [-0.05, 0) is 35.0 Å². The molecule has 4 aromatic rings. The number of fused-ring (bicyclic) bond motifs is 1. The van der Waals surface area contributed by atoms with Crippen molar-refractivity contribution in [3.63, 3.8) is 0 Å². The average molecular weight is 352 g/mol. The minimum Gasteiger partial charge on any atom is -0.461 e. The highest BCUT2D eigenvalue weighted by atomic mass is 32.2. The van der Waals surface area contributed by atoms with E-state index in [4.69, 9.17) is 9.40 Å². The summed E-state index contributed by atoms with van der Waals surface area (Å²) in [5.74, 6) is 2.72. The molecule has 0 bridgehead atoms. The zero-order valence-electron chi connectivity index (χ0n) is 13.7. The third-order valence-corrected chi connectivity index (χ3v) is 4.68. The second-order valence-electron chi connectivity index (χ2n) is 5.45. The van der Waals surface area contributed by atoms with E-state index < -0.39 is 0 Å². The Morgan fingerprint density at radius 1 is 1.12 bits per heavy atom. The minimum absolute atomic E-state index is 0.583. The maximum atomic E-state index is 5.45. The van der Waals surface area contributed by atoms with Crippen molar-refractivity contribution in [2.45, 2.75) is 30.7 Å². The maximum Gasteiger partial charge on any atom is 0.197 e. The number of para-hydroxylation sites is 1. The van der Waals surface area contributed by atoms with Crippen LogP contribution < -0.4 is 0 Å². The Balaban J connectivity index is 1.69. The van der Waals surface area contributed by atoms with Gasteiger partial charge >= 0.3 is 0 Å². The first-order chi connectivity index (χ1) is 12.3. The van der Waals surface area contributed by atoms with E-state index in [0.717, 1.165) is 34.7 Å². The van der Waals surface area contributed by atoms with Crippen molar-refractivity contribution in [3.05, 3.63) is 48.5 Å². The first-order valence-corrected chi connectivity index (χ1v) is 9.02. The monoisotopic (exact) mass is 352 g/mol. The molecule has 0 spiro atoms. The molecule has 0 unspecified atom stereocenters. The normalized spacial score (nSPS) is 11.2. The lowest BCUT2D eigenvalue weighted by Gasteiger charge is -2.07. The van der Waals surface area contributed by atoms with Crippen LogP contribution in [0.3, 0.4) is 0 Å². The van der Waals surface area contributed by atoms with E-state index in [0.29, 0.717) is 17.3 Å². The molecule has 0 N–H and O–H groups in total. The Bertz CT molecular complexity index is 982. The molecule has 0 atom stereocenters. The van der Waals surface area contributed by atoms with Crippen LogP contribution in [0.5, 0.6) is 0 Å². The summed E-state index contributed by atoms with van der Waals surface area (Å²) in [4.78, 5) is 9.31. The van der Waals surface area contributed by atoms with Crippen molar-refractivity contribution in [2.24, 2.45) is 0 Å². The highest BCUT2D eigenvalue weighted by molar-refractivity contribution is 7.98. The second-order valence-corrected chi connectivity index (χ2v) is 6.42. The Morgan fingerprint density at radius 2 is 2.04 bits per heavy atom. The summed E-state index contributed by atoms with van der Waals surface area (Å²) in [6, 6.07) is 11.7. The van der Waals surface area contributed by atoms with Gasteiger partial charge in [0.2, 0.25) is 0 Å². The number of hydrogen-bond donors (Lipinski definition) is 0. The van der Waals surface area contributed by atoms with Crippen LogP contribution in [0.15, 0.2) is 52.1 Å². The fourth-order valence-corrected chi connectivity index (χ4v) is 3.47. The Labute approximate surface area is 148 Å². The summed E-state index contributed by atoms with van der Waals surface area (Å²) >= 11 is 1.60. The number of benzene rings is 1. The van der Waals surface area contributed by atoms with E-state index in [1.54, 1.807) is 18.0 Å². The van der Waals surface area contributed by atoms with Gasteiger partial charge in [0.25, 0.3) is 0 Å². The SMILES string of the molecule is CCCn1nnnc1CSc1nc(-c2ccco2)nc2ccccc12. The molecule has 8 heteroatoms. The van der Waals surface area contributed by atoms with Gasteiger partial charge in [-0.25, -0.2) is 14.6 Å². The third kappa shape index (κ3) is 3.25. The van der Waals surface area contributed by atoms with Gasteiger partial charge in [0.15, 0.2) is 17.4 Å². The largest absolute Gasteiger partial charge is 0.461 e. The molecule has 0 aliphatic heterocycles. The van der Waals surface area contributed by atoms with Crippen LogP contribution in [0, 0.1) is 0 Å². The molecule has 0 fully saturated rings. The maximum absolute atomic E-state index is 5.45. The first-order valence-electron chi connectivity index (χ1n) is 8.03. The highest BCUT2D eigenvalue weighted by Crippen LogP contribution is 2.30. The second kappa shape index (κ2) is 7.02. The van der Waals surface area contributed by atoms with E-state index in [1.165, 1.54) is 0 Å². The number of tetrazole rings is 1. The van der Waals surface area contributed by atoms with E-state index >= 15 is 0 Å². The number of aryl methyl sites for hydroxylation is 1. The van der Waals surface area contributed by atoms with Crippen LogP contribution in [-0.2, 0) is 12.3 Å². The summed E-state index contributed by atoms with van der Waals surface area (Å²) in [5, 5.41) is 13.8. The molecular formula is C17H16N6OS. The summed E-state index contributed by atoms with van der Waals surface area (Å²) < 4.78 is 7.29. The number of rotatable bonds is 6. The van der Waals surface area contributed by atoms with Gasteiger partial charge in [-0.2, -0.15) is 0 Å². The highest BCUT2D eigenvalue weighted by Gasteiger charge is 2.13. The molecule has 1 aromatic carbocycles. The van der Waals surface area contributed by atoms with Crippen molar-refractivity contribution in [2.75, 3.05) is 0 Å². The topological polar surface area (TPSA) is 82.5 Å². The van der Waals surface area contributed by atoms with Gasteiger partial charge < -0.3 is 4.42 Å². The van der Waals surface area contributed by atoms with Crippen molar-refractivity contribution in [1.82, 2.24) is 30.2 Å². The van der Waals surface area contributed by atoms with E-state index in [2.05, 4.69) is 27.4 Å². The van der Waals surface area contributed by atoms with Crippen LogP contribution in [0.25, 0.3) is 22.5 Å². The van der Waals surface area contributed by atoms with Crippen LogP contribution in [0.4, 0.5) is 0 Å². The van der Waals surface area contributed by atoms with Gasteiger partial charge in [0, 0.05) is 11.9 Å². The van der Waals surface area contributed by atoms with Crippen LogP contribution in [0.2, 0.25) is 0 Å². The third-order valence-electron chi connectivity index (χ3n) is 3.69. The van der Waals surface area contributed by atoms with Crippen LogP contribution in [-0.4, -0.2) is 30.2 Å². The van der Waals surface area contributed by atoms with Gasteiger partial charge in [-0.3, -0.25) is 0 Å². The fourth-order valence-electron chi connectivity index (χ4n) is 2.52. The zero-order valence-corrected chi connectivity index (χ0v) is 14.5. The smallest absolute Gasteiger partial charge is 0.197 e. The van der Waals surface area contributed by atoms with Gasteiger partial charge in [0.05, 0.1) is 17.5 Å². The van der Waals surface area contributed by atoms with E-state index in [1.807, 2.05) is 41.1 Å². The molecule has 0 aliphatic rings. The number of nitrogens with zero attached hydrogens (tertiary/aromatic N) is 6. The van der Waals surface area contributed by atoms with Crippen molar-refractivity contribution in [1.29, 1.82) is 0 Å². The molecule has 0 aliphatic carbocycles. The van der Waals surface area contributed by atoms with E-state index in [-0.39, 0.29) is 0 Å². The molecular weight excluding hydrogens is 336 g/mol. The number of thioether (sulfide) groups is 1. The summed E-state index contributed by atoms with van der Waals surface area (Å²) in [6.07, 6.45) is 2.61. The molecule has 3 aromatic heterocycles. The van der Waals surface area contributed by atoms with Gasteiger partial charge in [0.1, 0.15) is 5.03 Å².